The van der Waals surface area contributed by atoms with E-state index in [4.69, 9.17) is 10.2 Å². The molecule has 4 heteroatoms. The molecule has 0 aliphatic heterocycles. The van der Waals surface area contributed by atoms with Crippen LogP contribution in [0.3, 0.4) is 0 Å². The Hall–Kier alpha value is -1.84. The van der Waals surface area contributed by atoms with Crippen LogP contribution in [0.15, 0.2) is 12.1 Å². The van der Waals surface area contributed by atoms with E-state index in [-0.39, 0.29) is 12.8 Å². The maximum atomic E-state index is 11.1. The fraction of sp³-hybridized carbons (Fsp3) is 0.429. The minimum absolute atomic E-state index is 0.263. The van der Waals surface area contributed by atoms with Crippen LogP contribution in [0.2, 0.25) is 0 Å². The van der Waals surface area contributed by atoms with Crippen LogP contribution in [0.5, 0.6) is 0 Å². The molecule has 98 valence electrons. The Balaban J connectivity index is 3.01. The van der Waals surface area contributed by atoms with Crippen molar-refractivity contribution < 1.29 is 19.8 Å². The molecule has 18 heavy (non-hydrogen) atoms. The summed E-state index contributed by atoms with van der Waals surface area (Å²) >= 11 is 0. The van der Waals surface area contributed by atoms with Crippen LogP contribution in [0.1, 0.15) is 28.7 Å². The van der Waals surface area contributed by atoms with Crippen molar-refractivity contribution in [3.8, 4) is 0 Å². The van der Waals surface area contributed by atoms with E-state index in [9.17, 15) is 9.59 Å². The van der Waals surface area contributed by atoms with Gasteiger partial charge in [-0.1, -0.05) is 17.7 Å². The van der Waals surface area contributed by atoms with Gasteiger partial charge in [0.15, 0.2) is 0 Å². The van der Waals surface area contributed by atoms with Gasteiger partial charge in [0.25, 0.3) is 0 Å². The van der Waals surface area contributed by atoms with Gasteiger partial charge in [-0.25, -0.2) is 0 Å². The molecule has 0 aliphatic carbocycles. The lowest BCUT2D eigenvalue weighted by Crippen LogP contribution is -2.21. The molecule has 0 saturated heterocycles. The third-order valence-electron chi connectivity index (χ3n) is 3.06. The molecule has 4 nitrogen and oxygen atoms in total. The van der Waals surface area contributed by atoms with Gasteiger partial charge in [0.1, 0.15) is 0 Å². The van der Waals surface area contributed by atoms with Crippen molar-refractivity contribution in [3.63, 3.8) is 0 Å². The lowest BCUT2D eigenvalue weighted by molar-refractivity contribution is -0.148. The quantitative estimate of drug-likeness (QED) is 0.841. The van der Waals surface area contributed by atoms with E-state index in [0.29, 0.717) is 0 Å². The highest BCUT2D eigenvalue weighted by atomic mass is 16.4. The molecule has 1 atom stereocenters. The number of carbonyl (C=O) groups is 2. The highest BCUT2D eigenvalue weighted by Crippen LogP contribution is 2.21. The second kappa shape index (κ2) is 5.67. The van der Waals surface area contributed by atoms with Crippen LogP contribution in [0, 0.1) is 26.7 Å². The maximum absolute atomic E-state index is 11.1. The van der Waals surface area contributed by atoms with Crippen LogP contribution >= 0.6 is 0 Å². The van der Waals surface area contributed by atoms with Gasteiger partial charge in [-0.15, -0.1) is 0 Å². The summed E-state index contributed by atoms with van der Waals surface area (Å²) in [5.41, 5.74) is 4.10. The predicted molar refractivity (Wildman–Crippen MR) is 67.7 cm³/mol. The monoisotopic (exact) mass is 250 g/mol. The normalized spacial score (nSPS) is 12.2. The molecule has 0 saturated carbocycles. The molecule has 0 heterocycles. The van der Waals surface area contributed by atoms with Gasteiger partial charge >= 0.3 is 11.9 Å². The molecular weight excluding hydrogens is 232 g/mol. The number of carboxylic acids is 2. The highest BCUT2D eigenvalue weighted by Gasteiger charge is 2.22. The molecule has 0 bridgehead atoms. The Labute approximate surface area is 106 Å². The number of carboxylic acid groups (broad SMARTS) is 2. The van der Waals surface area contributed by atoms with E-state index in [2.05, 4.69) is 0 Å². The molecule has 0 aromatic heterocycles. The average Bonchev–Trinajstić information content (AvgIpc) is 2.20. The van der Waals surface area contributed by atoms with Crippen LogP contribution < -0.4 is 0 Å². The average molecular weight is 250 g/mol. The molecule has 1 aromatic carbocycles. The number of aliphatic carboxylic acids is 2. The number of hydrogen-bond acceptors (Lipinski definition) is 2. The van der Waals surface area contributed by atoms with Crippen molar-refractivity contribution in [1.82, 2.24) is 0 Å². The predicted octanol–water partition coefficient (Wildman–Crippen LogP) is 2.33. The third kappa shape index (κ3) is 3.58. The third-order valence-corrected chi connectivity index (χ3v) is 3.06. The lowest BCUT2D eigenvalue weighted by Gasteiger charge is -2.15. The summed E-state index contributed by atoms with van der Waals surface area (Å²) in [5, 5.41) is 17.8. The lowest BCUT2D eigenvalue weighted by atomic mass is 9.90. The van der Waals surface area contributed by atoms with Gasteiger partial charge in [0, 0.05) is 0 Å². The van der Waals surface area contributed by atoms with Crippen LogP contribution in [-0.4, -0.2) is 22.2 Å². The summed E-state index contributed by atoms with van der Waals surface area (Å²) in [4.78, 5) is 21.7. The SMILES string of the molecule is Cc1cc(C)c(CC(CC(=O)O)C(=O)O)c(C)c1. The maximum Gasteiger partial charge on any atom is 0.307 e. The zero-order valence-electron chi connectivity index (χ0n) is 10.9. The Kier molecular flexibility index (Phi) is 4.48. The highest BCUT2D eigenvalue weighted by molar-refractivity contribution is 5.78. The Bertz CT molecular complexity index is 454. The summed E-state index contributed by atoms with van der Waals surface area (Å²) in [6.45, 7) is 5.83. The molecule has 2 N–H and O–H groups in total. The Morgan fingerprint density at radius 2 is 1.61 bits per heavy atom. The van der Waals surface area contributed by atoms with Gasteiger partial charge in [0.05, 0.1) is 12.3 Å². The number of hydrogen-bond donors (Lipinski definition) is 2. The Morgan fingerprint density at radius 3 is 2.00 bits per heavy atom. The number of rotatable bonds is 5. The van der Waals surface area contributed by atoms with Gasteiger partial charge in [0.2, 0.25) is 0 Å². The van der Waals surface area contributed by atoms with Gasteiger partial charge in [-0.2, -0.15) is 0 Å². The molecule has 1 aromatic rings. The Morgan fingerprint density at radius 1 is 1.11 bits per heavy atom. The summed E-state index contributed by atoms with van der Waals surface area (Å²) in [6, 6.07) is 3.98. The topological polar surface area (TPSA) is 74.6 Å². The molecule has 0 fully saturated rings. The zero-order valence-corrected chi connectivity index (χ0v) is 10.9. The van der Waals surface area contributed by atoms with Crippen LogP contribution in [0.25, 0.3) is 0 Å². The van der Waals surface area contributed by atoms with E-state index in [1.54, 1.807) is 0 Å². The molecule has 0 radical (unpaired) electrons. The largest absolute Gasteiger partial charge is 0.481 e. The van der Waals surface area contributed by atoms with Crippen molar-refractivity contribution in [2.45, 2.75) is 33.6 Å². The molecule has 0 aliphatic rings. The number of benzene rings is 1. The van der Waals surface area contributed by atoms with Crippen LogP contribution in [0.4, 0.5) is 0 Å². The van der Waals surface area contributed by atoms with Gasteiger partial charge in [-0.3, -0.25) is 9.59 Å². The summed E-state index contributed by atoms with van der Waals surface area (Å²) < 4.78 is 0. The van der Waals surface area contributed by atoms with E-state index in [0.717, 1.165) is 22.3 Å². The van der Waals surface area contributed by atoms with E-state index < -0.39 is 17.9 Å². The summed E-state index contributed by atoms with van der Waals surface area (Å²) in [5.74, 6) is -3.01. The van der Waals surface area contributed by atoms with Crippen LogP contribution in [-0.2, 0) is 16.0 Å². The van der Waals surface area contributed by atoms with Crippen molar-refractivity contribution in [3.05, 3.63) is 34.4 Å². The first-order valence-electron chi connectivity index (χ1n) is 5.82. The van der Waals surface area contributed by atoms with Gasteiger partial charge < -0.3 is 10.2 Å². The van der Waals surface area contributed by atoms with Crippen molar-refractivity contribution in [2.75, 3.05) is 0 Å². The number of aryl methyl sites for hydroxylation is 3. The zero-order chi connectivity index (χ0) is 13.9. The van der Waals surface area contributed by atoms with E-state index >= 15 is 0 Å². The van der Waals surface area contributed by atoms with Crippen molar-refractivity contribution in [1.29, 1.82) is 0 Å². The molecule has 0 amide bonds. The molecule has 0 spiro atoms. The second-order valence-electron chi connectivity index (χ2n) is 4.71. The van der Waals surface area contributed by atoms with Crippen molar-refractivity contribution >= 4 is 11.9 Å². The first kappa shape index (κ1) is 14.2. The fourth-order valence-corrected chi connectivity index (χ4v) is 2.24. The smallest absolute Gasteiger partial charge is 0.307 e. The minimum Gasteiger partial charge on any atom is -0.481 e. The molecular formula is C14H18O4. The second-order valence-corrected chi connectivity index (χ2v) is 4.71. The fourth-order valence-electron chi connectivity index (χ4n) is 2.24. The minimum atomic E-state index is -1.08. The molecule has 1 rings (SSSR count). The summed E-state index contributed by atoms with van der Waals surface area (Å²) in [7, 11) is 0. The molecule has 1 unspecified atom stereocenters. The van der Waals surface area contributed by atoms with E-state index in [1.807, 2.05) is 32.9 Å². The van der Waals surface area contributed by atoms with E-state index in [1.165, 1.54) is 0 Å². The van der Waals surface area contributed by atoms with Gasteiger partial charge in [-0.05, 0) is 43.9 Å². The summed E-state index contributed by atoms with van der Waals surface area (Å²) in [6.07, 6.45) is -0.0817. The first-order valence-corrected chi connectivity index (χ1v) is 5.82. The van der Waals surface area contributed by atoms with Crippen molar-refractivity contribution in [2.24, 2.45) is 5.92 Å². The standard InChI is InChI=1S/C14H18O4/c1-8-4-9(2)12(10(3)5-8)6-11(14(17)18)7-13(15)16/h4-5,11H,6-7H2,1-3H3,(H,15,16)(H,17,18). The first-order chi connectivity index (χ1) is 8.31.